The Morgan fingerprint density at radius 2 is 1.95 bits per heavy atom. The molecule has 0 bridgehead atoms. The van der Waals surface area contributed by atoms with Crippen molar-refractivity contribution in [3.63, 3.8) is 0 Å². The zero-order chi connectivity index (χ0) is 14.8. The lowest BCUT2D eigenvalue weighted by molar-refractivity contribution is 0.0789. The predicted octanol–water partition coefficient (Wildman–Crippen LogP) is 2.37. The minimum Gasteiger partial charge on any atom is -0.342 e. The molecule has 1 rings (SSSR count). The van der Waals surface area contributed by atoms with Crippen LogP contribution in [0.5, 0.6) is 0 Å². The zero-order valence-electron chi connectivity index (χ0n) is 10.3. The van der Waals surface area contributed by atoms with E-state index in [1.165, 1.54) is 11.9 Å². The van der Waals surface area contributed by atoms with Gasteiger partial charge in [-0.05, 0) is 18.6 Å². The molecule has 0 aromatic heterocycles. The van der Waals surface area contributed by atoms with Gasteiger partial charge in [0.05, 0.1) is 5.56 Å². The summed E-state index contributed by atoms with van der Waals surface area (Å²) in [5.74, 6) is -3.20. The van der Waals surface area contributed by atoms with E-state index in [2.05, 4.69) is 0 Å². The first-order valence-electron chi connectivity index (χ1n) is 5.37. The van der Waals surface area contributed by atoms with Crippen LogP contribution in [0.2, 0.25) is 0 Å². The largest absolute Gasteiger partial charge is 0.342 e. The molecule has 0 atom stereocenters. The Balaban J connectivity index is 3.38. The second-order valence-corrected chi connectivity index (χ2v) is 6.46. The molecule has 1 amide bonds. The first kappa shape index (κ1) is 15.8. The zero-order valence-corrected chi connectivity index (χ0v) is 11.9. The molecule has 0 fully saturated rings. The third kappa shape index (κ3) is 3.63. The monoisotopic (exact) mass is 311 g/mol. The number of halogens is 3. The first-order valence-corrected chi connectivity index (χ1v) is 7.68. The Hall–Kier alpha value is -1.21. The third-order valence-electron chi connectivity index (χ3n) is 2.40. The molecule has 0 saturated carbocycles. The summed E-state index contributed by atoms with van der Waals surface area (Å²) in [6.07, 6.45) is 0.625. The van der Waals surface area contributed by atoms with Gasteiger partial charge < -0.3 is 4.90 Å². The molecule has 0 heterocycles. The van der Waals surface area contributed by atoms with Crippen LogP contribution in [0.15, 0.2) is 17.0 Å². The quantitative estimate of drug-likeness (QED) is 0.802. The van der Waals surface area contributed by atoms with Crippen molar-refractivity contribution in [2.75, 3.05) is 13.6 Å². The fourth-order valence-electron chi connectivity index (χ4n) is 1.54. The van der Waals surface area contributed by atoms with Crippen molar-refractivity contribution in [1.82, 2.24) is 4.90 Å². The number of carbonyl (C=O) groups excluding carboxylic acids is 1. The van der Waals surface area contributed by atoms with Crippen molar-refractivity contribution in [2.45, 2.75) is 18.2 Å². The van der Waals surface area contributed by atoms with E-state index in [0.29, 0.717) is 25.1 Å². The van der Waals surface area contributed by atoms with E-state index >= 15 is 0 Å². The summed E-state index contributed by atoms with van der Waals surface area (Å²) in [5, 5.41) is 0. The van der Waals surface area contributed by atoms with Crippen LogP contribution in [-0.2, 0) is 9.05 Å². The van der Waals surface area contributed by atoms with Crippen LogP contribution in [0.4, 0.5) is 8.78 Å². The van der Waals surface area contributed by atoms with E-state index < -0.39 is 37.1 Å². The van der Waals surface area contributed by atoms with Gasteiger partial charge in [-0.15, -0.1) is 0 Å². The van der Waals surface area contributed by atoms with Crippen molar-refractivity contribution in [3.8, 4) is 0 Å². The lowest BCUT2D eigenvalue weighted by Crippen LogP contribution is -2.28. The summed E-state index contributed by atoms with van der Waals surface area (Å²) >= 11 is 0. The Kier molecular flexibility index (Phi) is 4.86. The normalized spacial score (nSPS) is 11.4. The lowest BCUT2D eigenvalue weighted by Gasteiger charge is -2.17. The van der Waals surface area contributed by atoms with Gasteiger partial charge in [0.15, 0.2) is 5.82 Å². The SMILES string of the molecule is CCCN(C)C(=O)c1cc(F)cc(S(=O)(=O)Cl)c1F. The molecule has 0 aliphatic carbocycles. The number of rotatable bonds is 4. The second-order valence-electron chi connectivity index (χ2n) is 3.93. The minimum absolute atomic E-state index is 0.331. The smallest absolute Gasteiger partial charge is 0.264 e. The summed E-state index contributed by atoms with van der Waals surface area (Å²) in [5.41, 5.74) is -0.657. The molecule has 8 heteroatoms. The summed E-state index contributed by atoms with van der Waals surface area (Å²) in [6, 6.07) is 1.09. The molecule has 0 aliphatic heterocycles. The Morgan fingerprint density at radius 3 is 2.42 bits per heavy atom. The summed E-state index contributed by atoms with van der Waals surface area (Å²) < 4.78 is 49.4. The van der Waals surface area contributed by atoms with Crippen molar-refractivity contribution in [1.29, 1.82) is 0 Å². The number of hydrogen-bond acceptors (Lipinski definition) is 3. The lowest BCUT2D eigenvalue weighted by atomic mass is 10.1. The number of benzene rings is 1. The van der Waals surface area contributed by atoms with Gasteiger partial charge in [0.2, 0.25) is 0 Å². The van der Waals surface area contributed by atoms with Crippen molar-refractivity contribution >= 4 is 25.6 Å². The van der Waals surface area contributed by atoms with Crippen LogP contribution in [0.25, 0.3) is 0 Å². The molecule has 1 aromatic rings. The van der Waals surface area contributed by atoms with E-state index in [0.717, 1.165) is 0 Å². The van der Waals surface area contributed by atoms with E-state index in [1.807, 2.05) is 0 Å². The van der Waals surface area contributed by atoms with Crippen molar-refractivity contribution in [2.24, 2.45) is 0 Å². The van der Waals surface area contributed by atoms with Crippen LogP contribution in [0, 0.1) is 11.6 Å². The van der Waals surface area contributed by atoms with Crippen LogP contribution < -0.4 is 0 Å². The summed E-state index contributed by atoms with van der Waals surface area (Å²) in [4.78, 5) is 12.0. The van der Waals surface area contributed by atoms with Gasteiger partial charge in [0.25, 0.3) is 15.0 Å². The number of carbonyl (C=O) groups is 1. The van der Waals surface area contributed by atoms with Gasteiger partial charge in [-0.1, -0.05) is 6.92 Å². The fraction of sp³-hybridized carbons (Fsp3) is 0.364. The van der Waals surface area contributed by atoms with Gasteiger partial charge in [-0.2, -0.15) is 0 Å². The molecular weight excluding hydrogens is 300 g/mol. The first-order chi connectivity index (χ1) is 8.68. The molecule has 106 valence electrons. The second kappa shape index (κ2) is 5.83. The van der Waals surface area contributed by atoms with Crippen LogP contribution in [0.3, 0.4) is 0 Å². The molecule has 0 radical (unpaired) electrons. The number of hydrogen-bond donors (Lipinski definition) is 0. The highest BCUT2D eigenvalue weighted by molar-refractivity contribution is 8.13. The Bertz CT molecular complexity index is 604. The molecular formula is C11H12ClF2NO3S. The maximum absolute atomic E-state index is 13.9. The third-order valence-corrected chi connectivity index (χ3v) is 3.72. The minimum atomic E-state index is -4.46. The highest BCUT2D eigenvalue weighted by atomic mass is 35.7. The maximum atomic E-state index is 13.9. The number of nitrogens with zero attached hydrogens (tertiary/aromatic N) is 1. The molecule has 19 heavy (non-hydrogen) atoms. The topological polar surface area (TPSA) is 54.5 Å². The molecule has 1 aromatic carbocycles. The fourth-order valence-corrected chi connectivity index (χ4v) is 2.45. The van der Waals surface area contributed by atoms with Crippen molar-refractivity contribution < 1.29 is 22.0 Å². The van der Waals surface area contributed by atoms with Gasteiger partial charge in [-0.3, -0.25) is 4.79 Å². The van der Waals surface area contributed by atoms with E-state index in [9.17, 15) is 22.0 Å². The van der Waals surface area contributed by atoms with Crippen LogP contribution in [0.1, 0.15) is 23.7 Å². The molecule has 4 nitrogen and oxygen atoms in total. The Morgan fingerprint density at radius 1 is 1.37 bits per heavy atom. The maximum Gasteiger partial charge on any atom is 0.264 e. The molecule has 0 saturated heterocycles. The average molecular weight is 312 g/mol. The van der Waals surface area contributed by atoms with E-state index in [1.54, 1.807) is 6.92 Å². The van der Waals surface area contributed by atoms with Crippen molar-refractivity contribution in [3.05, 3.63) is 29.3 Å². The van der Waals surface area contributed by atoms with E-state index in [4.69, 9.17) is 10.7 Å². The highest BCUT2D eigenvalue weighted by Crippen LogP contribution is 2.24. The molecule has 0 spiro atoms. The van der Waals surface area contributed by atoms with Gasteiger partial charge in [0, 0.05) is 24.3 Å². The van der Waals surface area contributed by atoms with E-state index in [-0.39, 0.29) is 0 Å². The standard InChI is InChI=1S/C11H12ClF2NO3S/c1-3-4-15(2)11(16)8-5-7(13)6-9(10(8)14)19(12,17)18/h5-6H,3-4H2,1-2H3. The highest BCUT2D eigenvalue weighted by Gasteiger charge is 2.25. The van der Waals surface area contributed by atoms with Gasteiger partial charge >= 0.3 is 0 Å². The molecule has 0 unspecified atom stereocenters. The van der Waals surface area contributed by atoms with Gasteiger partial charge in [0.1, 0.15) is 10.7 Å². The number of amides is 1. The van der Waals surface area contributed by atoms with Gasteiger partial charge in [-0.25, -0.2) is 17.2 Å². The van der Waals surface area contributed by atoms with Crippen LogP contribution in [-0.4, -0.2) is 32.8 Å². The Labute approximate surface area is 114 Å². The average Bonchev–Trinajstić information content (AvgIpc) is 2.29. The molecule has 0 aliphatic rings. The molecule has 0 N–H and O–H groups in total. The summed E-state index contributed by atoms with van der Waals surface area (Å²) in [6.45, 7) is 2.14. The predicted molar refractivity (Wildman–Crippen MR) is 66.6 cm³/mol. The van der Waals surface area contributed by atoms with Crippen LogP contribution >= 0.6 is 10.7 Å². The summed E-state index contributed by atoms with van der Waals surface area (Å²) in [7, 11) is 1.94.